The van der Waals surface area contributed by atoms with Gasteiger partial charge in [0.25, 0.3) is 0 Å². The average molecular weight is 191 g/mol. The fraction of sp³-hybridized carbons (Fsp3) is 0.300. The van der Waals surface area contributed by atoms with E-state index in [4.69, 9.17) is 5.11 Å². The molecule has 0 fully saturated rings. The highest BCUT2D eigenvalue weighted by molar-refractivity contribution is 5.08. The van der Waals surface area contributed by atoms with Crippen LogP contribution in [0.2, 0.25) is 0 Å². The van der Waals surface area contributed by atoms with Gasteiger partial charge in [0.1, 0.15) is 0 Å². The van der Waals surface area contributed by atoms with E-state index in [9.17, 15) is 0 Å². The van der Waals surface area contributed by atoms with Gasteiger partial charge in [-0.2, -0.15) is 0 Å². The molecular formula is C10H13N3O. The quantitative estimate of drug-likeness (QED) is 0.779. The summed E-state index contributed by atoms with van der Waals surface area (Å²) >= 11 is 0. The third kappa shape index (κ3) is 2.03. The summed E-state index contributed by atoms with van der Waals surface area (Å²) in [6.07, 6.45) is 9.45. The van der Waals surface area contributed by atoms with Crippen molar-refractivity contribution in [1.82, 2.24) is 14.1 Å². The predicted molar refractivity (Wildman–Crippen MR) is 52.6 cm³/mol. The molecule has 0 amide bonds. The molecule has 2 rings (SSSR count). The Hall–Kier alpha value is -1.55. The van der Waals surface area contributed by atoms with Crippen molar-refractivity contribution >= 4 is 0 Å². The van der Waals surface area contributed by atoms with E-state index in [1.165, 1.54) is 0 Å². The van der Waals surface area contributed by atoms with Gasteiger partial charge in [-0.05, 0) is 11.6 Å². The number of aliphatic hydroxyl groups is 1. The Morgan fingerprint density at radius 2 is 2.07 bits per heavy atom. The molecule has 0 unspecified atom stereocenters. The molecule has 4 nitrogen and oxygen atoms in total. The maximum absolute atomic E-state index is 8.87. The molecule has 0 bridgehead atoms. The normalized spacial score (nSPS) is 10.6. The number of rotatable bonds is 4. The molecule has 0 atom stereocenters. The zero-order chi connectivity index (χ0) is 9.80. The van der Waals surface area contributed by atoms with Crippen LogP contribution >= 0.6 is 0 Å². The predicted octanol–water partition coefficient (Wildman–Crippen LogP) is 0.877. The number of imidazole rings is 1. The van der Waals surface area contributed by atoms with Crippen molar-refractivity contribution in [3.63, 3.8) is 0 Å². The SMILES string of the molecule is OCc1ccn(CCn2ccnc2)c1. The Bertz CT molecular complexity index is 378. The van der Waals surface area contributed by atoms with Crippen molar-refractivity contribution in [2.45, 2.75) is 19.7 Å². The molecule has 0 aliphatic rings. The van der Waals surface area contributed by atoms with Gasteiger partial charge in [0.15, 0.2) is 0 Å². The molecule has 0 spiro atoms. The van der Waals surface area contributed by atoms with Crippen LogP contribution in [0.5, 0.6) is 0 Å². The second-order valence-corrected chi connectivity index (χ2v) is 3.22. The van der Waals surface area contributed by atoms with Crippen molar-refractivity contribution in [2.75, 3.05) is 0 Å². The molecule has 74 valence electrons. The molecule has 0 radical (unpaired) electrons. The van der Waals surface area contributed by atoms with E-state index < -0.39 is 0 Å². The molecule has 0 saturated heterocycles. The third-order valence-corrected chi connectivity index (χ3v) is 2.17. The summed E-state index contributed by atoms with van der Waals surface area (Å²) in [5.41, 5.74) is 0.954. The Morgan fingerprint density at radius 3 is 2.71 bits per heavy atom. The number of hydrogen-bond donors (Lipinski definition) is 1. The van der Waals surface area contributed by atoms with Crippen molar-refractivity contribution in [3.8, 4) is 0 Å². The van der Waals surface area contributed by atoms with Gasteiger partial charge >= 0.3 is 0 Å². The molecule has 0 aliphatic carbocycles. The fourth-order valence-electron chi connectivity index (χ4n) is 1.37. The van der Waals surface area contributed by atoms with Crippen LogP contribution in [-0.2, 0) is 19.7 Å². The van der Waals surface area contributed by atoms with E-state index in [1.54, 1.807) is 12.5 Å². The summed E-state index contributed by atoms with van der Waals surface area (Å²) in [5, 5.41) is 8.87. The van der Waals surface area contributed by atoms with Crippen LogP contribution in [0.3, 0.4) is 0 Å². The highest BCUT2D eigenvalue weighted by Gasteiger charge is 1.95. The summed E-state index contributed by atoms with van der Waals surface area (Å²) in [5.74, 6) is 0. The Balaban J connectivity index is 1.92. The van der Waals surface area contributed by atoms with Gasteiger partial charge in [0, 0.05) is 37.9 Å². The van der Waals surface area contributed by atoms with Gasteiger partial charge in [0.2, 0.25) is 0 Å². The molecule has 14 heavy (non-hydrogen) atoms. The third-order valence-electron chi connectivity index (χ3n) is 2.17. The smallest absolute Gasteiger partial charge is 0.0946 e. The molecule has 2 heterocycles. The number of nitrogens with zero attached hydrogens (tertiary/aromatic N) is 3. The first-order valence-electron chi connectivity index (χ1n) is 4.60. The lowest BCUT2D eigenvalue weighted by atomic mass is 10.4. The molecule has 1 N–H and O–H groups in total. The minimum Gasteiger partial charge on any atom is -0.392 e. The maximum atomic E-state index is 8.87. The monoisotopic (exact) mass is 191 g/mol. The van der Waals surface area contributed by atoms with Gasteiger partial charge in [-0.15, -0.1) is 0 Å². The molecule has 0 aliphatic heterocycles. The lowest BCUT2D eigenvalue weighted by Crippen LogP contribution is -2.03. The Kier molecular flexibility index (Phi) is 2.65. The van der Waals surface area contributed by atoms with E-state index >= 15 is 0 Å². The fourth-order valence-corrected chi connectivity index (χ4v) is 1.37. The summed E-state index contributed by atoms with van der Waals surface area (Å²) in [4.78, 5) is 3.97. The summed E-state index contributed by atoms with van der Waals surface area (Å²) < 4.78 is 4.09. The lowest BCUT2D eigenvalue weighted by Gasteiger charge is -2.03. The van der Waals surface area contributed by atoms with Crippen LogP contribution in [0.4, 0.5) is 0 Å². The summed E-state index contributed by atoms with van der Waals surface area (Å²) in [6.45, 7) is 1.91. The van der Waals surface area contributed by atoms with Crippen LogP contribution in [-0.4, -0.2) is 19.2 Å². The first kappa shape index (κ1) is 9.02. The first-order valence-corrected chi connectivity index (χ1v) is 4.60. The lowest BCUT2D eigenvalue weighted by molar-refractivity contribution is 0.281. The van der Waals surface area contributed by atoms with Gasteiger partial charge in [-0.1, -0.05) is 0 Å². The number of aliphatic hydroxyl groups excluding tert-OH is 1. The van der Waals surface area contributed by atoms with E-state index in [0.717, 1.165) is 18.7 Å². The Morgan fingerprint density at radius 1 is 1.21 bits per heavy atom. The maximum Gasteiger partial charge on any atom is 0.0946 e. The van der Waals surface area contributed by atoms with E-state index in [-0.39, 0.29) is 6.61 Å². The standard InChI is InChI=1S/C10H13N3O/c14-8-10-1-3-12(7-10)5-6-13-4-2-11-9-13/h1-4,7,9,14H,5-6,8H2. The molecule has 2 aromatic rings. The van der Waals surface area contributed by atoms with E-state index in [1.807, 2.05) is 29.2 Å². The van der Waals surface area contributed by atoms with Gasteiger partial charge in [-0.3, -0.25) is 0 Å². The zero-order valence-corrected chi connectivity index (χ0v) is 7.87. The molecule has 0 saturated carbocycles. The molecule has 0 aromatic carbocycles. The molecule has 2 aromatic heterocycles. The van der Waals surface area contributed by atoms with Gasteiger partial charge in [-0.25, -0.2) is 4.98 Å². The summed E-state index contributed by atoms with van der Waals surface area (Å²) in [6, 6.07) is 1.92. The minimum absolute atomic E-state index is 0.109. The number of aromatic nitrogens is 3. The average Bonchev–Trinajstić information content (AvgIpc) is 2.86. The van der Waals surface area contributed by atoms with Crippen molar-refractivity contribution < 1.29 is 5.11 Å². The number of hydrogen-bond acceptors (Lipinski definition) is 2. The number of aryl methyl sites for hydroxylation is 2. The molecular weight excluding hydrogens is 178 g/mol. The van der Waals surface area contributed by atoms with Crippen LogP contribution in [0.25, 0.3) is 0 Å². The zero-order valence-electron chi connectivity index (χ0n) is 7.87. The van der Waals surface area contributed by atoms with Crippen molar-refractivity contribution in [3.05, 3.63) is 42.7 Å². The van der Waals surface area contributed by atoms with E-state index in [0.29, 0.717) is 0 Å². The van der Waals surface area contributed by atoms with Crippen LogP contribution in [0.15, 0.2) is 37.2 Å². The highest BCUT2D eigenvalue weighted by Crippen LogP contribution is 2.01. The van der Waals surface area contributed by atoms with Gasteiger partial charge in [0.05, 0.1) is 12.9 Å². The van der Waals surface area contributed by atoms with Gasteiger partial charge < -0.3 is 14.2 Å². The topological polar surface area (TPSA) is 43.0 Å². The van der Waals surface area contributed by atoms with Crippen molar-refractivity contribution in [1.29, 1.82) is 0 Å². The second kappa shape index (κ2) is 4.11. The summed E-state index contributed by atoms with van der Waals surface area (Å²) in [7, 11) is 0. The molecule has 4 heteroatoms. The highest BCUT2D eigenvalue weighted by atomic mass is 16.3. The first-order chi connectivity index (χ1) is 6.88. The van der Waals surface area contributed by atoms with Crippen LogP contribution in [0.1, 0.15) is 5.56 Å². The largest absolute Gasteiger partial charge is 0.392 e. The Labute approximate surface area is 82.4 Å². The second-order valence-electron chi connectivity index (χ2n) is 3.22. The minimum atomic E-state index is 0.109. The van der Waals surface area contributed by atoms with Crippen LogP contribution < -0.4 is 0 Å². The van der Waals surface area contributed by atoms with Crippen LogP contribution in [0, 0.1) is 0 Å². The van der Waals surface area contributed by atoms with E-state index in [2.05, 4.69) is 9.55 Å². The van der Waals surface area contributed by atoms with Crippen molar-refractivity contribution in [2.24, 2.45) is 0 Å².